The minimum absolute atomic E-state index is 0.381. The second kappa shape index (κ2) is 8.88. The molecule has 0 fully saturated rings. The third kappa shape index (κ3) is 6.58. The number of likely N-dealkylation sites (N-methyl/N-ethyl adjacent to an activating group) is 1. The number of hydrogen-bond donors (Lipinski definition) is 2. The second-order valence-corrected chi connectivity index (χ2v) is 7.60. The van der Waals surface area contributed by atoms with E-state index in [4.69, 9.17) is 0 Å². The molecule has 0 aliphatic heterocycles. The predicted octanol–water partition coefficient (Wildman–Crippen LogP) is 1.02. The lowest BCUT2D eigenvalue weighted by Gasteiger charge is -2.16. The highest BCUT2D eigenvalue weighted by atomic mass is 32.2. The molecule has 0 heterocycles. The van der Waals surface area contributed by atoms with Gasteiger partial charge < -0.3 is 15.5 Å². The molecule has 0 aliphatic rings. The maximum atomic E-state index is 11.6. The standard InChI is InChI=1S/C16H28N4O2S/c1-6-20(4)10-9-18-16(17-3)19-12-14-7-8-15(13(2)11-14)23(5,21)22/h7-8,11H,6,9-10,12H2,1-5H3,(H2,17,18,19). The molecule has 0 amide bonds. The lowest BCUT2D eigenvalue weighted by Crippen LogP contribution is -2.40. The van der Waals surface area contributed by atoms with Crippen molar-refractivity contribution in [1.82, 2.24) is 15.5 Å². The van der Waals surface area contributed by atoms with Crippen LogP contribution in [0.2, 0.25) is 0 Å². The number of aliphatic imine (C=N–C) groups is 1. The summed E-state index contributed by atoms with van der Waals surface area (Å²) in [4.78, 5) is 6.78. The first-order valence-corrected chi connectivity index (χ1v) is 9.59. The molecule has 0 aliphatic carbocycles. The van der Waals surface area contributed by atoms with Crippen molar-refractivity contribution in [2.24, 2.45) is 4.99 Å². The molecule has 0 saturated carbocycles. The summed E-state index contributed by atoms with van der Waals surface area (Å²) in [5.41, 5.74) is 1.78. The fourth-order valence-corrected chi connectivity index (χ4v) is 3.13. The van der Waals surface area contributed by atoms with Crippen LogP contribution < -0.4 is 10.6 Å². The van der Waals surface area contributed by atoms with E-state index in [0.29, 0.717) is 11.4 Å². The Morgan fingerprint density at radius 3 is 2.52 bits per heavy atom. The number of rotatable bonds is 7. The smallest absolute Gasteiger partial charge is 0.191 e. The molecule has 1 aromatic rings. The molecule has 0 atom stereocenters. The maximum absolute atomic E-state index is 11.6. The van der Waals surface area contributed by atoms with Crippen molar-refractivity contribution >= 4 is 15.8 Å². The molecule has 0 aromatic heterocycles. The molecule has 7 heteroatoms. The van der Waals surface area contributed by atoms with E-state index in [1.807, 2.05) is 19.1 Å². The highest BCUT2D eigenvalue weighted by Gasteiger charge is 2.10. The molecule has 1 rings (SSSR count). The van der Waals surface area contributed by atoms with Crippen LogP contribution in [0, 0.1) is 6.92 Å². The van der Waals surface area contributed by atoms with Gasteiger partial charge in [0.2, 0.25) is 0 Å². The van der Waals surface area contributed by atoms with E-state index in [2.05, 4.69) is 34.5 Å². The summed E-state index contributed by atoms with van der Waals surface area (Å²) < 4.78 is 23.3. The number of nitrogens with zero attached hydrogens (tertiary/aromatic N) is 2. The van der Waals surface area contributed by atoms with Crippen molar-refractivity contribution in [2.75, 3.05) is 40.0 Å². The Hall–Kier alpha value is -1.60. The normalized spacial score (nSPS) is 12.5. The molecule has 130 valence electrons. The van der Waals surface area contributed by atoms with Crippen molar-refractivity contribution in [1.29, 1.82) is 0 Å². The van der Waals surface area contributed by atoms with Crippen molar-refractivity contribution in [3.05, 3.63) is 29.3 Å². The van der Waals surface area contributed by atoms with Gasteiger partial charge in [0.1, 0.15) is 0 Å². The first-order valence-electron chi connectivity index (χ1n) is 7.70. The first kappa shape index (κ1) is 19.4. The SMILES string of the molecule is CCN(C)CCNC(=NC)NCc1ccc(S(C)(=O)=O)c(C)c1. The molecule has 0 saturated heterocycles. The number of aryl methyl sites for hydroxylation is 1. The molecule has 0 unspecified atom stereocenters. The summed E-state index contributed by atoms with van der Waals surface area (Å²) >= 11 is 0. The van der Waals surface area contributed by atoms with Crippen LogP contribution in [-0.4, -0.2) is 59.3 Å². The third-order valence-corrected chi connectivity index (χ3v) is 4.91. The lowest BCUT2D eigenvalue weighted by atomic mass is 10.1. The molecule has 6 nitrogen and oxygen atoms in total. The van der Waals surface area contributed by atoms with Crippen molar-refractivity contribution < 1.29 is 8.42 Å². The van der Waals surface area contributed by atoms with Gasteiger partial charge in [0, 0.05) is 32.9 Å². The van der Waals surface area contributed by atoms with Crippen molar-refractivity contribution in [3.8, 4) is 0 Å². The first-order chi connectivity index (χ1) is 10.8. The fraction of sp³-hybridized carbons (Fsp3) is 0.562. The maximum Gasteiger partial charge on any atom is 0.191 e. The number of sulfone groups is 1. The van der Waals surface area contributed by atoms with Gasteiger partial charge in [-0.2, -0.15) is 0 Å². The van der Waals surface area contributed by atoms with Gasteiger partial charge in [0.25, 0.3) is 0 Å². The monoisotopic (exact) mass is 340 g/mol. The minimum Gasteiger partial charge on any atom is -0.355 e. The molecule has 1 aromatic carbocycles. The Labute approximate surface area is 139 Å². The van der Waals surface area contributed by atoms with Crippen LogP contribution in [0.5, 0.6) is 0 Å². The van der Waals surface area contributed by atoms with Gasteiger partial charge in [-0.25, -0.2) is 8.42 Å². The molecule has 23 heavy (non-hydrogen) atoms. The summed E-state index contributed by atoms with van der Waals surface area (Å²) in [5.74, 6) is 0.736. The van der Waals surface area contributed by atoms with Crippen molar-refractivity contribution in [3.63, 3.8) is 0 Å². The van der Waals surface area contributed by atoms with Crippen LogP contribution in [0.1, 0.15) is 18.1 Å². The Bertz CT molecular complexity index is 641. The topological polar surface area (TPSA) is 73.8 Å². The second-order valence-electron chi connectivity index (χ2n) is 5.62. The largest absolute Gasteiger partial charge is 0.355 e. The Morgan fingerprint density at radius 1 is 1.30 bits per heavy atom. The number of nitrogens with one attached hydrogen (secondary N) is 2. The van der Waals surface area contributed by atoms with Gasteiger partial charge in [0.05, 0.1) is 4.90 Å². The van der Waals surface area contributed by atoms with Gasteiger partial charge in [0.15, 0.2) is 15.8 Å². The van der Waals surface area contributed by atoms with Gasteiger partial charge in [-0.1, -0.05) is 19.1 Å². The Kier molecular flexibility index (Phi) is 7.51. The Balaban J connectivity index is 2.58. The van der Waals surface area contributed by atoms with Crippen LogP contribution in [0.4, 0.5) is 0 Å². The van der Waals surface area contributed by atoms with E-state index in [1.54, 1.807) is 13.1 Å². The fourth-order valence-electron chi connectivity index (χ4n) is 2.17. The van der Waals surface area contributed by atoms with Crippen molar-refractivity contribution in [2.45, 2.75) is 25.3 Å². The molecule has 0 radical (unpaired) electrons. The average molecular weight is 340 g/mol. The highest BCUT2D eigenvalue weighted by Crippen LogP contribution is 2.16. The minimum atomic E-state index is -3.17. The lowest BCUT2D eigenvalue weighted by molar-refractivity contribution is 0.357. The molecule has 0 spiro atoms. The zero-order valence-corrected chi connectivity index (χ0v) is 15.5. The number of guanidine groups is 1. The zero-order valence-electron chi connectivity index (χ0n) is 14.7. The molecule has 2 N–H and O–H groups in total. The van der Waals surface area contributed by atoms with E-state index in [9.17, 15) is 8.42 Å². The van der Waals surface area contributed by atoms with E-state index in [0.717, 1.165) is 36.7 Å². The van der Waals surface area contributed by atoms with Gasteiger partial charge in [-0.15, -0.1) is 0 Å². The van der Waals surface area contributed by atoms with Crippen LogP contribution in [0.3, 0.4) is 0 Å². The van der Waals surface area contributed by atoms with Crippen LogP contribution in [0.15, 0.2) is 28.1 Å². The molecular formula is C16H28N4O2S. The predicted molar refractivity (Wildman–Crippen MR) is 95.7 cm³/mol. The van der Waals surface area contributed by atoms with Crippen LogP contribution in [-0.2, 0) is 16.4 Å². The van der Waals surface area contributed by atoms with Gasteiger partial charge in [-0.3, -0.25) is 4.99 Å². The summed E-state index contributed by atoms with van der Waals surface area (Å²) in [6.07, 6.45) is 1.23. The van der Waals surface area contributed by atoms with Gasteiger partial charge >= 0.3 is 0 Å². The summed E-state index contributed by atoms with van der Waals surface area (Å²) in [6, 6.07) is 5.38. The Morgan fingerprint density at radius 2 is 2.00 bits per heavy atom. The van der Waals surface area contributed by atoms with Gasteiger partial charge in [-0.05, 0) is 37.7 Å². The summed E-state index contributed by atoms with van der Waals surface area (Å²) in [6.45, 7) is 7.30. The zero-order chi connectivity index (χ0) is 17.5. The quantitative estimate of drug-likeness (QED) is 0.573. The van der Waals surface area contributed by atoms with Crippen LogP contribution in [0.25, 0.3) is 0 Å². The van der Waals surface area contributed by atoms with Crippen LogP contribution >= 0.6 is 0 Å². The third-order valence-electron chi connectivity index (χ3n) is 3.65. The molecular weight excluding hydrogens is 312 g/mol. The van der Waals surface area contributed by atoms with E-state index >= 15 is 0 Å². The highest BCUT2D eigenvalue weighted by molar-refractivity contribution is 7.90. The average Bonchev–Trinajstić information content (AvgIpc) is 2.49. The summed E-state index contributed by atoms with van der Waals surface area (Å²) in [5, 5.41) is 6.49. The number of hydrogen-bond acceptors (Lipinski definition) is 4. The van der Waals surface area contributed by atoms with E-state index in [-0.39, 0.29) is 0 Å². The van der Waals surface area contributed by atoms with E-state index < -0.39 is 9.84 Å². The summed E-state index contributed by atoms with van der Waals surface area (Å²) in [7, 11) is 0.636. The molecule has 0 bridgehead atoms. The van der Waals surface area contributed by atoms with E-state index in [1.165, 1.54) is 6.26 Å². The number of benzene rings is 1.